The summed E-state index contributed by atoms with van der Waals surface area (Å²) >= 11 is 2.57. The highest BCUT2D eigenvalue weighted by Gasteiger charge is 2.16. The topological polar surface area (TPSA) is 84.3 Å². The zero-order valence-corrected chi connectivity index (χ0v) is 17.4. The number of anilines is 1. The van der Waals surface area contributed by atoms with E-state index in [2.05, 4.69) is 10.3 Å². The molecule has 0 atom stereocenters. The molecule has 3 rings (SSSR count). The van der Waals surface area contributed by atoms with E-state index in [0.29, 0.717) is 21.1 Å². The lowest BCUT2D eigenvalue weighted by molar-refractivity contribution is -0.131. The minimum atomic E-state index is -0.268. The fraction of sp³-hybridized carbons (Fsp3) is 0.263. The fourth-order valence-corrected chi connectivity index (χ4v) is 4.20. The molecule has 2 aromatic heterocycles. The average molecular weight is 417 g/mol. The van der Waals surface area contributed by atoms with E-state index in [1.54, 1.807) is 20.2 Å². The molecule has 0 fully saturated rings. The van der Waals surface area contributed by atoms with Crippen LogP contribution in [-0.2, 0) is 16.6 Å². The van der Waals surface area contributed by atoms with Gasteiger partial charge < -0.3 is 10.2 Å². The van der Waals surface area contributed by atoms with Crippen LogP contribution in [0.2, 0.25) is 0 Å². The number of carbonyl (C=O) groups is 2. The number of fused-ring (bicyclic) bond motifs is 1. The predicted molar refractivity (Wildman–Crippen MR) is 113 cm³/mol. The first kappa shape index (κ1) is 20.1. The van der Waals surface area contributed by atoms with Gasteiger partial charge in [-0.3, -0.25) is 19.0 Å². The van der Waals surface area contributed by atoms with Crippen molar-refractivity contribution in [3.8, 4) is 0 Å². The van der Waals surface area contributed by atoms with Gasteiger partial charge in [-0.1, -0.05) is 29.5 Å². The Hall–Kier alpha value is -2.65. The van der Waals surface area contributed by atoms with Gasteiger partial charge in [0.05, 0.1) is 17.7 Å². The molecule has 9 heteroatoms. The van der Waals surface area contributed by atoms with Gasteiger partial charge in [-0.15, -0.1) is 11.3 Å². The van der Waals surface area contributed by atoms with Crippen LogP contribution in [0.15, 0.2) is 45.7 Å². The van der Waals surface area contributed by atoms with Crippen molar-refractivity contribution >= 4 is 50.8 Å². The molecule has 146 valence electrons. The molecule has 28 heavy (non-hydrogen) atoms. The number of benzene rings is 1. The zero-order valence-electron chi connectivity index (χ0n) is 15.8. The number of thiophene rings is 1. The Morgan fingerprint density at radius 1 is 1.25 bits per heavy atom. The quantitative estimate of drug-likeness (QED) is 0.493. The van der Waals surface area contributed by atoms with E-state index in [4.69, 9.17) is 0 Å². The summed E-state index contributed by atoms with van der Waals surface area (Å²) in [5.74, 6) is -0.398. The number of amides is 2. The maximum atomic E-state index is 12.4. The van der Waals surface area contributed by atoms with E-state index in [1.807, 2.05) is 36.6 Å². The molecule has 0 bridgehead atoms. The number of nitrogens with one attached hydrogen (secondary N) is 1. The van der Waals surface area contributed by atoms with Gasteiger partial charge in [-0.2, -0.15) is 0 Å². The molecule has 0 radical (unpaired) electrons. The average Bonchev–Trinajstić information content (AvgIpc) is 3.13. The molecule has 0 spiro atoms. The lowest BCUT2D eigenvalue weighted by Crippen LogP contribution is -2.36. The number of thioether (sulfide) groups is 1. The van der Waals surface area contributed by atoms with Gasteiger partial charge in [-0.05, 0) is 30.5 Å². The minimum absolute atomic E-state index is 0.0520. The summed E-state index contributed by atoms with van der Waals surface area (Å²) in [4.78, 5) is 43.3. The number of likely N-dealkylation sites (N-methyl/N-ethyl adjacent to an activating group) is 1. The van der Waals surface area contributed by atoms with E-state index < -0.39 is 0 Å². The van der Waals surface area contributed by atoms with Crippen molar-refractivity contribution < 1.29 is 9.59 Å². The molecule has 2 amide bonds. The lowest BCUT2D eigenvalue weighted by Gasteiger charge is -2.17. The minimum Gasteiger partial charge on any atom is -0.336 e. The van der Waals surface area contributed by atoms with Gasteiger partial charge >= 0.3 is 0 Å². The Kier molecular flexibility index (Phi) is 6.15. The molecule has 1 aromatic carbocycles. The number of carbonyl (C=O) groups excluding carboxylic acids is 2. The first-order valence-electron chi connectivity index (χ1n) is 8.52. The number of aryl methyl sites for hydroxylation is 1. The van der Waals surface area contributed by atoms with Gasteiger partial charge in [0.25, 0.3) is 5.56 Å². The SMILES string of the molecule is Cc1ccc(NC(=O)CN(C)C(=O)CSc2nc3sccc3c(=O)n2C)cc1. The highest BCUT2D eigenvalue weighted by molar-refractivity contribution is 7.99. The third-order valence-corrected chi connectivity index (χ3v) is 5.95. The standard InChI is InChI=1S/C19H20N4O3S2/c1-12-4-6-13(7-5-12)20-15(24)10-22(2)16(25)11-28-19-21-17-14(8-9-27-17)18(26)23(19)3/h4-9H,10-11H2,1-3H3,(H,20,24). The Labute approximate surface area is 170 Å². The number of rotatable bonds is 6. The Morgan fingerprint density at radius 2 is 1.96 bits per heavy atom. The third kappa shape index (κ3) is 4.60. The molecule has 0 aliphatic heterocycles. The second-order valence-electron chi connectivity index (χ2n) is 6.35. The molecule has 1 N–H and O–H groups in total. The summed E-state index contributed by atoms with van der Waals surface area (Å²) in [5.41, 5.74) is 1.66. The Balaban J connectivity index is 1.57. The molecular weight excluding hydrogens is 396 g/mol. The van der Waals surface area contributed by atoms with E-state index >= 15 is 0 Å². The first-order chi connectivity index (χ1) is 13.3. The largest absolute Gasteiger partial charge is 0.336 e. The number of aromatic nitrogens is 2. The van der Waals surface area contributed by atoms with Gasteiger partial charge in [0.1, 0.15) is 4.83 Å². The summed E-state index contributed by atoms with van der Waals surface area (Å²) in [6, 6.07) is 9.19. The summed E-state index contributed by atoms with van der Waals surface area (Å²) in [5, 5.41) is 5.64. The van der Waals surface area contributed by atoms with Gasteiger partial charge in [0, 0.05) is 19.8 Å². The van der Waals surface area contributed by atoms with Crippen LogP contribution in [0.25, 0.3) is 10.2 Å². The lowest BCUT2D eigenvalue weighted by atomic mass is 10.2. The molecule has 7 nitrogen and oxygen atoms in total. The molecule has 0 saturated carbocycles. The van der Waals surface area contributed by atoms with E-state index in [1.165, 1.54) is 32.6 Å². The molecule has 0 unspecified atom stereocenters. The van der Waals surface area contributed by atoms with Crippen LogP contribution in [-0.4, -0.2) is 45.6 Å². The summed E-state index contributed by atoms with van der Waals surface area (Å²) in [6.45, 7) is 1.92. The fourth-order valence-electron chi connectivity index (χ4n) is 2.49. The maximum absolute atomic E-state index is 12.4. The second kappa shape index (κ2) is 8.57. The van der Waals surface area contributed by atoms with Gasteiger partial charge in [0.2, 0.25) is 11.8 Å². The van der Waals surface area contributed by atoms with Crippen LogP contribution in [0.1, 0.15) is 5.56 Å². The van der Waals surface area contributed by atoms with Gasteiger partial charge in [0.15, 0.2) is 5.16 Å². The van der Waals surface area contributed by atoms with Crippen molar-refractivity contribution in [2.24, 2.45) is 7.05 Å². The second-order valence-corrected chi connectivity index (χ2v) is 8.19. The Bertz CT molecular complexity index is 1070. The summed E-state index contributed by atoms with van der Waals surface area (Å²) < 4.78 is 1.44. The van der Waals surface area contributed by atoms with Gasteiger partial charge in [-0.25, -0.2) is 4.98 Å². The summed E-state index contributed by atoms with van der Waals surface area (Å²) in [7, 11) is 3.21. The molecule has 0 aliphatic carbocycles. The maximum Gasteiger partial charge on any atom is 0.262 e. The molecule has 3 aromatic rings. The van der Waals surface area contributed by atoms with Crippen LogP contribution in [0, 0.1) is 6.92 Å². The van der Waals surface area contributed by atoms with Crippen LogP contribution in [0.4, 0.5) is 5.69 Å². The monoisotopic (exact) mass is 416 g/mol. The zero-order chi connectivity index (χ0) is 20.3. The van der Waals surface area contributed by atoms with Crippen molar-refractivity contribution in [3.05, 3.63) is 51.6 Å². The predicted octanol–water partition coefficient (Wildman–Crippen LogP) is 2.49. The van der Waals surface area contributed by atoms with E-state index in [9.17, 15) is 14.4 Å². The van der Waals surface area contributed by atoms with Crippen LogP contribution < -0.4 is 10.9 Å². The molecular formula is C19H20N4O3S2. The molecule has 0 aliphatic rings. The third-order valence-electron chi connectivity index (χ3n) is 4.13. The van der Waals surface area contributed by atoms with Crippen molar-refractivity contribution in [2.45, 2.75) is 12.1 Å². The van der Waals surface area contributed by atoms with E-state index in [0.717, 1.165) is 5.56 Å². The van der Waals surface area contributed by atoms with Crippen molar-refractivity contribution in [1.82, 2.24) is 14.5 Å². The smallest absolute Gasteiger partial charge is 0.262 e. The number of hydrogen-bond acceptors (Lipinski definition) is 6. The summed E-state index contributed by atoms with van der Waals surface area (Å²) in [6.07, 6.45) is 0. The van der Waals surface area contributed by atoms with Crippen LogP contribution in [0.3, 0.4) is 0 Å². The number of hydrogen-bond donors (Lipinski definition) is 1. The van der Waals surface area contributed by atoms with Crippen molar-refractivity contribution in [3.63, 3.8) is 0 Å². The number of nitrogens with zero attached hydrogens (tertiary/aromatic N) is 3. The first-order valence-corrected chi connectivity index (χ1v) is 10.4. The molecule has 2 heterocycles. The van der Waals surface area contributed by atoms with Crippen LogP contribution in [0.5, 0.6) is 0 Å². The van der Waals surface area contributed by atoms with Crippen molar-refractivity contribution in [1.29, 1.82) is 0 Å². The van der Waals surface area contributed by atoms with Crippen LogP contribution >= 0.6 is 23.1 Å². The molecule has 0 saturated heterocycles. The Morgan fingerprint density at radius 3 is 2.68 bits per heavy atom. The highest BCUT2D eigenvalue weighted by atomic mass is 32.2. The highest BCUT2D eigenvalue weighted by Crippen LogP contribution is 2.20. The van der Waals surface area contributed by atoms with E-state index in [-0.39, 0.29) is 29.7 Å². The normalized spacial score (nSPS) is 10.8. The van der Waals surface area contributed by atoms with Crippen molar-refractivity contribution in [2.75, 3.05) is 24.7 Å².